The van der Waals surface area contributed by atoms with E-state index >= 15 is 0 Å². The lowest BCUT2D eigenvalue weighted by atomic mass is 9.96. The van der Waals surface area contributed by atoms with Crippen molar-refractivity contribution in [3.8, 4) is 5.75 Å². The quantitative estimate of drug-likeness (QED) is 0.900. The summed E-state index contributed by atoms with van der Waals surface area (Å²) >= 11 is 0. The molecule has 0 spiro atoms. The Bertz CT molecular complexity index is 545. The molecule has 0 aromatic heterocycles. The Balaban J connectivity index is 2.32. The fraction of sp³-hybridized carbons (Fsp3) is 0.538. The average Bonchev–Trinajstić information content (AvgIpc) is 2.41. The van der Waals surface area contributed by atoms with Gasteiger partial charge in [0.2, 0.25) is 10.0 Å². The van der Waals surface area contributed by atoms with E-state index in [1.807, 2.05) is 6.92 Å². The summed E-state index contributed by atoms with van der Waals surface area (Å²) in [5.74, 6) is 0.545. The number of nitrogens with two attached hydrogens (primary N) is 1. The van der Waals surface area contributed by atoms with Gasteiger partial charge >= 0.3 is 0 Å². The van der Waals surface area contributed by atoms with E-state index in [0.29, 0.717) is 25.3 Å². The highest BCUT2D eigenvalue weighted by atomic mass is 32.2. The van der Waals surface area contributed by atoms with Crippen LogP contribution in [0.5, 0.6) is 5.75 Å². The van der Waals surface area contributed by atoms with Gasteiger partial charge in [-0.3, -0.25) is 0 Å². The van der Waals surface area contributed by atoms with Crippen LogP contribution in [0.2, 0.25) is 0 Å². The second-order valence-electron chi connectivity index (χ2n) is 4.94. The molecule has 19 heavy (non-hydrogen) atoms. The van der Waals surface area contributed by atoms with E-state index in [1.54, 1.807) is 24.3 Å². The summed E-state index contributed by atoms with van der Waals surface area (Å²) in [6, 6.07) is 6.77. The Morgan fingerprint density at radius 2 is 2.05 bits per heavy atom. The van der Waals surface area contributed by atoms with E-state index < -0.39 is 10.0 Å². The molecule has 1 heterocycles. The minimum absolute atomic E-state index is 0.0733. The molecule has 0 amide bonds. The number of sulfonamides is 1. The van der Waals surface area contributed by atoms with Crippen LogP contribution in [0.3, 0.4) is 0 Å². The van der Waals surface area contributed by atoms with E-state index in [2.05, 4.69) is 0 Å². The van der Waals surface area contributed by atoms with Crippen molar-refractivity contribution >= 4 is 10.0 Å². The van der Waals surface area contributed by atoms with Crippen LogP contribution in [0, 0.1) is 5.92 Å². The third kappa shape index (κ3) is 2.75. The van der Waals surface area contributed by atoms with Crippen LogP contribution >= 0.6 is 0 Å². The lowest BCUT2D eigenvalue weighted by Gasteiger charge is -2.34. The van der Waals surface area contributed by atoms with Crippen LogP contribution < -0.4 is 10.5 Å². The SMILES string of the molecule is COc1ccccc1S(=O)(=O)N1CCC(N)C(C)C1. The Morgan fingerprint density at radius 1 is 1.37 bits per heavy atom. The molecule has 2 N–H and O–H groups in total. The fourth-order valence-corrected chi connectivity index (χ4v) is 4.03. The van der Waals surface area contributed by atoms with Crippen molar-refractivity contribution in [2.75, 3.05) is 20.2 Å². The Labute approximate surface area is 114 Å². The molecule has 1 saturated heterocycles. The molecule has 2 unspecified atom stereocenters. The molecule has 2 atom stereocenters. The van der Waals surface area contributed by atoms with E-state index in [-0.39, 0.29) is 16.9 Å². The molecule has 1 aliphatic heterocycles. The Kier molecular flexibility index (Phi) is 4.13. The highest BCUT2D eigenvalue weighted by molar-refractivity contribution is 7.89. The van der Waals surface area contributed by atoms with Crippen molar-refractivity contribution in [2.24, 2.45) is 11.7 Å². The maximum Gasteiger partial charge on any atom is 0.246 e. The summed E-state index contributed by atoms with van der Waals surface area (Å²) in [5, 5.41) is 0. The van der Waals surface area contributed by atoms with Gasteiger partial charge < -0.3 is 10.5 Å². The molecule has 0 aliphatic carbocycles. The number of hydrogen-bond acceptors (Lipinski definition) is 4. The van der Waals surface area contributed by atoms with Crippen LogP contribution in [0.1, 0.15) is 13.3 Å². The molecule has 1 aliphatic rings. The number of para-hydroxylation sites is 1. The normalized spacial score (nSPS) is 25.2. The zero-order valence-corrected chi connectivity index (χ0v) is 12.1. The molecule has 6 heteroatoms. The van der Waals surface area contributed by atoms with Crippen LogP contribution in [-0.4, -0.2) is 39.0 Å². The zero-order valence-electron chi connectivity index (χ0n) is 11.2. The van der Waals surface area contributed by atoms with Gasteiger partial charge in [-0.1, -0.05) is 19.1 Å². The summed E-state index contributed by atoms with van der Waals surface area (Å²) in [4.78, 5) is 0.222. The van der Waals surface area contributed by atoms with E-state index in [0.717, 1.165) is 0 Å². The predicted molar refractivity (Wildman–Crippen MR) is 73.5 cm³/mol. The second kappa shape index (κ2) is 5.48. The average molecular weight is 284 g/mol. The maximum absolute atomic E-state index is 12.6. The number of nitrogens with zero attached hydrogens (tertiary/aromatic N) is 1. The molecule has 106 valence electrons. The monoisotopic (exact) mass is 284 g/mol. The predicted octanol–water partition coefficient (Wildman–Crippen LogP) is 1.05. The number of piperidine rings is 1. The summed E-state index contributed by atoms with van der Waals surface area (Å²) in [5.41, 5.74) is 5.93. The maximum atomic E-state index is 12.6. The third-order valence-corrected chi connectivity index (χ3v) is 5.53. The van der Waals surface area contributed by atoms with Crippen molar-refractivity contribution in [1.29, 1.82) is 0 Å². The van der Waals surface area contributed by atoms with Crippen molar-refractivity contribution in [3.05, 3.63) is 24.3 Å². The minimum Gasteiger partial charge on any atom is -0.495 e. The van der Waals surface area contributed by atoms with Gasteiger partial charge in [-0.05, 0) is 24.5 Å². The van der Waals surface area contributed by atoms with Gasteiger partial charge in [0, 0.05) is 19.1 Å². The summed E-state index contributed by atoms with van der Waals surface area (Å²) in [6.45, 7) is 2.90. The minimum atomic E-state index is -3.51. The van der Waals surface area contributed by atoms with Gasteiger partial charge in [-0.15, -0.1) is 0 Å². The van der Waals surface area contributed by atoms with Gasteiger partial charge in [0.1, 0.15) is 10.6 Å². The standard InChI is InChI=1S/C13H20N2O3S/c1-10-9-15(8-7-11(10)14)19(16,17)13-6-4-3-5-12(13)18-2/h3-6,10-11H,7-9,14H2,1-2H3. The van der Waals surface area contributed by atoms with Crippen molar-refractivity contribution in [2.45, 2.75) is 24.3 Å². The second-order valence-corrected chi connectivity index (χ2v) is 6.85. The molecule has 0 saturated carbocycles. The molecule has 0 radical (unpaired) electrons. The fourth-order valence-electron chi connectivity index (χ4n) is 2.31. The first kappa shape index (κ1) is 14.3. The van der Waals surface area contributed by atoms with E-state index in [9.17, 15) is 8.42 Å². The highest BCUT2D eigenvalue weighted by Gasteiger charge is 2.33. The summed E-state index contributed by atoms with van der Waals surface area (Å²) in [6.07, 6.45) is 0.690. The molecular weight excluding hydrogens is 264 g/mol. The van der Waals surface area contributed by atoms with Crippen LogP contribution in [-0.2, 0) is 10.0 Å². The van der Waals surface area contributed by atoms with E-state index in [1.165, 1.54) is 11.4 Å². The molecular formula is C13H20N2O3S. The Hall–Kier alpha value is -1.11. The molecule has 5 nitrogen and oxygen atoms in total. The molecule has 1 aromatic rings. The van der Waals surface area contributed by atoms with Crippen LogP contribution in [0.4, 0.5) is 0 Å². The lowest BCUT2D eigenvalue weighted by molar-refractivity contribution is 0.249. The lowest BCUT2D eigenvalue weighted by Crippen LogP contribution is -2.48. The van der Waals surface area contributed by atoms with Crippen LogP contribution in [0.15, 0.2) is 29.2 Å². The van der Waals surface area contributed by atoms with Gasteiger partial charge in [0.25, 0.3) is 0 Å². The molecule has 1 aromatic carbocycles. The largest absolute Gasteiger partial charge is 0.495 e. The highest BCUT2D eigenvalue weighted by Crippen LogP contribution is 2.28. The number of hydrogen-bond donors (Lipinski definition) is 1. The molecule has 0 bridgehead atoms. The number of methoxy groups -OCH3 is 1. The summed E-state index contributed by atoms with van der Waals surface area (Å²) < 4.78 is 31.9. The van der Waals surface area contributed by atoms with Gasteiger partial charge in [0.05, 0.1) is 7.11 Å². The number of rotatable bonds is 3. The van der Waals surface area contributed by atoms with Crippen molar-refractivity contribution in [1.82, 2.24) is 4.31 Å². The van der Waals surface area contributed by atoms with Crippen LogP contribution in [0.25, 0.3) is 0 Å². The van der Waals surface area contributed by atoms with Gasteiger partial charge in [-0.2, -0.15) is 4.31 Å². The first-order chi connectivity index (χ1) is 8.96. The molecule has 2 rings (SSSR count). The first-order valence-electron chi connectivity index (χ1n) is 6.35. The summed E-state index contributed by atoms with van der Waals surface area (Å²) in [7, 11) is -2.03. The van der Waals surface area contributed by atoms with Crippen molar-refractivity contribution in [3.63, 3.8) is 0 Å². The topological polar surface area (TPSA) is 72.6 Å². The number of benzene rings is 1. The first-order valence-corrected chi connectivity index (χ1v) is 7.79. The third-order valence-electron chi connectivity index (χ3n) is 3.62. The molecule has 1 fully saturated rings. The zero-order chi connectivity index (χ0) is 14.0. The van der Waals surface area contributed by atoms with Gasteiger partial charge in [0.15, 0.2) is 0 Å². The van der Waals surface area contributed by atoms with Crippen molar-refractivity contribution < 1.29 is 13.2 Å². The smallest absolute Gasteiger partial charge is 0.246 e. The number of ether oxygens (including phenoxy) is 1. The van der Waals surface area contributed by atoms with E-state index in [4.69, 9.17) is 10.5 Å². The Morgan fingerprint density at radius 3 is 2.68 bits per heavy atom. The van der Waals surface area contributed by atoms with Gasteiger partial charge in [-0.25, -0.2) is 8.42 Å².